The largest absolute Gasteiger partial charge is 0.341 e. The van der Waals surface area contributed by atoms with Crippen LogP contribution in [0.3, 0.4) is 0 Å². The molecule has 0 fully saturated rings. The quantitative estimate of drug-likeness (QED) is 0.341. The van der Waals surface area contributed by atoms with E-state index in [9.17, 15) is 0 Å². The molecule has 2 aromatic heterocycles. The van der Waals surface area contributed by atoms with Gasteiger partial charge in [0.2, 0.25) is 0 Å². The average Bonchev–Trinajstić information content (AvgIpc) is 3.20. The SMILES string of the molecule is [B]c1c([B])c([B])c2[nH]c(CN(CCCCN)[C@H]3CCC([B])([B])c4cccnc43)nc2c1[B]. The maximum atomic E-state index is 6.37. The Labute approximate surface area is 197 Å². The summed E-state index contributed by atoms with van der Waals surface area (Å²) >= 11 is 0. The van der Waals surface area contributed by atoms with Crippen LogP contribution in [0.15, 0.2) is 18.3 Å². The first-order chi connectivity index (χ1) is 15.2. The van der Waals surface area contributed by atoms with Gasteiger partial charge in [-0.15, -0.1) is 10.9 Å². The maximum Gasteiger partial charge on any atom is 0.121 e. The van der Waals surface area contributed by atoms with Crippen LogP contribution < -0.4 is 27.6 Å². The standard InChI is InChI=1S/C21H21B6N5/c22-14-15(23)17(25)20-19(16(14)24)30-13(31-20)10-32(9-2-1-7-28)12-5-6-21(26,27)11-4-3-8-29-18(11)12/h3-4,8,12H,1-2,5-7,9-10,28H2,(H,30,31)/t12-/m0/s1. The number of nitrogens with zero attached hydrogens (tertiary/aromatic N) is 3. The molecule has 3 aromatic rings. The Morgan fingerprint density at radius 1 is 1.09 bits per heavy atom. The smallest absolute Gasteiger partial charge is 0.121 e. The molecule has 2 heterocycles. The Bertz CT molecular complexity index is 1090. The number of unbranched alkanes of at least 4 members (excludes halogenated alkanes) is 1. The zero-order chi connectivity index (χ0) is 23.0. The monoisotopic (exact) mass is 409 g/mol. The molecule has 0 amide bonds. The van der Waals surface area contributed by atoms with Crippen LogP contribution in [-0.2, 0) is 11.8 Å². The van der Waals surface area contributed by atoms with Gasteiger partial charge in [-0.05, 0) is 44.0 Å². The number of pyridine rings is 1. The van der Waals surface area contributed by atoms with Crippen molar-refractivity contribution in [2.45, 2.75) is 43.5 Å². The molecule has 12 radical (unpaired) electrons. The first kappa shape index (κ1) is 23.3. The van der Waals surface area contributed by atoms with Crippen molar-refractivity contribution in [2.75, 3.05) is 13.1 Å². The molecule has 1 aromatic carbocycles. The fourth-order valence-corrected chi connectivity index (χ4v) is 4.52. The van der Waals surface area contributed by atoms with E-state index in [1.54, 1.807) is 6.20 Å². The summed E-state index contributed by atoms with van der Waals surface area (Å²) in [7, 11) is 37.1. The molecule has 0 saturated heterocycles. The molecule has 0 saturated carbocycles. The van der Waals surface area contributed by atoms with E-state index >= 15 is 0 Å². The van der Waals surface area contributed by atoms with Crippen LogP contribution in [0.1, 0.15) is 48.8 Å². The van der Waals surface area contributed by atoms with Gasteiger partial charge in [0.15, 0.2) is 0 Å². The van der Waals surface area contributed by atoms with Crippen molar-refractivity contribution in [3.63, 3.8) is 0 Å². The highest BCUT2D eigenvalue weighted by Gasteiger charge is 2.35. The van der Waals surface area contributed by atoms with E-state index < -0.39 is 5.21 Å². The van der Waals surface area contributed by atoms with Crippen molar-refractivity contribution in [3.05, 3.63) is 35.4 Å². The molecule has 5 nitrogen and oxygen atoms in total. The predicted molar refractivity (Wildman–Crippen MR) is 136 cm³/mol. The zero-order valence-electron chi connectivity index (χ0n) is 18.1. The summed E-state index contributed by atoms with van der Waals surface area (Å²) in [5, 5.41) is -0.889. The van der Waals surface area contributed by atoms with Gasteiger partial charge >= 0.3 is 0 Å². The highest BCUT2D eigenvalue weighted by Crippen LogP contribution is 2.40. The number of nitrogens with one attached hydrogen (secondary N) is 1. The maximum absolute atomic E-state index is 6.37. The van der Waals surface area contributed by atoms with Gasteiger partial charge in [0.05, 0.1) is 45.0 Å². The van der Waals surface area contributed by atoms with Gasteiger partial charge in [-0.25, -0.2) is 4.98 Å². The summed E-state index contributed by atoms with van der Waals surface area (Å²) in [5.41, 5.74) is 9.82. The molecule has 0 unspecified atom stereocenters. The minimum atomic E-state index is -0.889. The third kappa shape index (κ3) is 4.22. The van der Waals surface area contributed by atoms with E-state index in [0.29, 0.717) is 47.3 Å². The number of benzene rings is 1. The van der Waals surface area contributed by atoms with E-state index in [-0.39, 0.29) is 17.0 Å². The summed E-state index contributed by atoms with van der Waals surface area (Å²) in [5.74, 6) is 0.714. The van der Waals surface area contributed by atoms with Gasteiger partial charge in [-0.2, -0.15) is 0 Å². The number of fused-ring (bicyclic) bond motifs is 2. The fraction of sp³-hybridized carbons (Fsp3) is 0.429. The Morgan fingerprint density at radius 3 is 2.59 bits per heavy atom. The molecule has 0 spiro atoms. The van der Waals surface area contributed by atoms with Crippen LogP contribution in [0.4, 0.5) is 0 Å². The van der Waals surface area contributed by atoms with Crippen molar-refractivity contribution < 1.29 is 0 Å². The van der Waals surface area contributed by atoms with Crippen LogP contribution in [0, 0.1) is 0 Å². The summed E-state index contributed by atoms with van der Waals surface area (Å²) in [6.45, 7) is 1.98. The summed E-state index contributed by atoms with van der Waals surface area (Å²) in [6.07, 6.45) is 5.07. The fourth-order valence-electron chi connectivity index (χ4n) is 4.52. The molecular formula is C21H21B6N5. The molecular weight excluding hydrogens is 387 g/mol. The third-order valence-electron chi connectivity index (χ3n) is 6.33. The van der Waals surface area contributed by atoms with Crippen LogP contribution >= 0.6 is 0 Å². The van der Waals surface area contributed by atoms with Gasteiger partial charge in [0.1, 0.15) is 37.2 Å². The van der Waals surface area contributed by atoms with Crippen LogP contribution in [0.5, 0.6) is 0 Å². The highest BCUT2D eigenvalue weighted by atomic mass is 15.2. The first-order valence-electron chi connectivity index (χ1n) is 10.8. The lowest BCUT2D eigenvalue weighted by Crippen LogP contribution is -2.47. The predicted octanol–water partition coefficient (Wildman–Crippen LogP) is -2.30. The van der Waals surface area contributed by atoms with E-state index in [1.165, 1.54) is 0 Å². The molecule has 4 rings (SSSR count). The first-order valence-corrected chi connectivity index (χ1v) is 10.8. The molecule has 1 aliphatic carbocycles. The third-order valence-corrected chi connectivity index (χ3v) is 6.33. The minimum Gasteiger partial charge on any atom is -0.341 e. The highest BCUT2D eigenvalue weighted by molar-refractivity contribution is 6.66. The molecule has 1 aliphatic rings. The van der Waals surface area contributed by atoms with Crippen molar-refractivity contribution in [2.24, 2.45) is 5.73 Å². The summed E-state index contributed by atoms with van der Waals surface area (Å²) in [6, 6.07) is 3.87. The number of hydrogen-bond acceptors (Lipinski definition) is 4. The zero-order valence-corrected chi connectivity index (χ0v) is 18.1. The Balaban J connectivity index is 1.71. The number of hydrogen-bond donors (Lipinski definition) is 2. The van der Waals surface area contributed by atoms with Crippen molar-refractivity contribution in [1.82, 2.24) is 19.9 Å². The second-order valence-corrected chi connectivity index (χ2v) is 8.56. The molecule has 11 heteroatoms. The lowest BCUT2D eigenvalue weighted by atomic mass is 9.46. The summed E-state index contributed by atoms with van der Waals surface area (Å²) < 4.78 is 0. The number of nitrogens with two attached hydrogens (primary N) is 1. The lowest BCUT2D eigenvalue weighted by molar-refractivity contribution is 0.156. The molecule has 1 atom stereocenters. The molecule has 0 aliphatic heterocycles. The second kappa shape index (κ2) is 9.18. The molecule has 3 N–H and O–H groups in total. The van der Waals surface area contributed by atoms with Gasteiger partial charge in [0, 0.05) is 6.20 Å². The second-order valence-electron chi connectivity index (χ2n) is 8.56. The van der Waals surface area contributed by atoms with Crippen LogP contribution in [0.2, 0.25) is 0 Å². The van der Waals surface area contributed by atoms with Crippen molar-refractivity contribution in [1.29, 1.82) is 0 Å². The number of rotatable bonds is 7. The Morgan fingerprint density at radius 2 is 1.84 bits per heavy atom. The van der Waals surface area contributed by atoms with Crippen LogP contribution in [0.25, 0.3) is 11.0 Å². The van der Waals surface area contributed by atoms with Crippen molar-refractivity contribution in [3.8, 4) is 0 Å². The number of aromatic amines is 1. The van der Waals surface area contributed by atoms with E-state index in [4.69, 9.17) is 57.8 Å². The van der Waals surface area contributed by atoms with E-state index in [2.05, 4.69) is 14.9 Å². The molecule has 148 valence electrons. The van der Waals surface area contributed by atoms with Crippen LogP contribution in [-0.4, -0.2) is 80.0 Å². The minimum absolute atomic E-state index is 0.0437. The van der Waals surface area contributed by atoms with Gasteiger partial charge < -0.3 is 10.7 Å². The molecule has 0 bridgehead atoms. The van der Waals surface area contributed by atoms with Crippen molar-refractivity contribution >= 4 is 80.0 Å². The topological polar surface area (TPSA) is 70.8 Å². The lowest BCUT2D eigenvalue weighted by Gasteiger charge is -2.41. The van der Waals surface area contributed by atoms with Gasteiger partial charge in [-0.1, -0.05) is 28.6 Å². The van der Waals surface area contributed by atoms with E-state index in [1.807, 2.05) is 12.1 Å². The Hall–Kier alpha value is -1.85. The van der Waals surface area contributed by atoms with E-state index in [0.717, 1.165) is 37.1 Å². The Kier molecular flexibility index (Phi) is 6.69. The molecule has 32 heavy (non-hydrogen) atoms. The number of H-pyrrole nitrogens is 1. The number of aromatic nitrogens is 3. The normalized spacial score (nSPS) is 17.6. The number of imidazole rings is 1. The van der Waals surface area contributed by atoms with Gasteiger partial charge in [0.25, 0.3) is 0 Å². The average molecular weight is 408 g/mol. The summed E-state index contributed by atoms with van der Waals surface area (Å²) in [4.78, 5) is 15.0. The van der Waals surface area contributed by atoms with Gasteiger partial charge in [-0.3, -0.25) is 9.88 Å².